The molecule has 0 unspecified atom stereocenters. The Labute approximate surface area is 95.1 Å². The lowest BCUT2D eigenvalue weighted by Crippen LogP contribution is -2.36. The summed E-state index contributed by atoms with van der Waals surface area (Å²) in [6.45, 7) is 15.2. The van der Waals surface area contributed by atoms with Crippen LogP contribution in [0.2, 0.25) is 0 Å². The maximum Gasteiger partial charge on any atom is 0.0529 e. The number of ether oxygens (including phenoxy) is 1. The predicted octanol–water partition coefficient (Wildman–Crippen LogP) is 2.99. The van der Waals surface area contributed by atoms with Gasteiger partial charge in [-0.3, -0.25) is 0 Å². The average Bonchev–Trinajstić information content (AvgIpc) is 2.15. The van der Waals surface area contributed by atoms with Crippen molar-refractivity contribution in [2.24, 2.45) is 5.41 Å². The van der Waals surface area contributed by atoms with Crippen molar-refractivity contribution < 1.29 is 4.74 Å². The lowest BCUT2D eigenvalue weighted by molar-refractivity contribution is 0.0601. The summed E-state index contributed by atoms with van der Waals surface area (Å²) in [5.74, 6) is 0. The topological polar surface area (TPSA) is 21.3 Å². The van der Waals surface area contributed by atoms with E-state index in [2.05, 4.69) is 39.6 Å². The van der Waals surface area contributed by atoms with Gasteiger partial charge < -0.3 is 10.1 Å². The zero-order valence-corrected chi connectivity index (χ0v) is 10.8. The molecule has 0 fully saturated rings. The van der Waals surface area contributed by atoms with Gasteiger partial charge in [-0.05, 0) is 12.8 Å². The van der Waals surface area contributed by atoms with E-state index >= 15 is 0 Å². The van der Waals surface area contributed by atoms with Crippen LogP contribution in [-0.4, -0.2) is 25.8 Å². The molecule has 0 atom stereocenters. The summed E-state index contributed by atoms with van der Waals surface area (Å²) in [6.07, 6.45) is 4.07. The van der Waals surface area contributed by atoms with Crippen molar-refractivity contribution >= 4 is 0 Å². The second kappa shape index (κ2) is 7.89. The average molecular weight is 213 g/mol. The minimum atomic E-state index is 0.221. The van der Waals surface area contributed by atoms with E-state index in [-0.39, 0.29) is 5.41 Å². The molecular formula is C13H27NO. The molecule has 0 aliphatic heterocycles. The molecule has 0 saturated heterocycles. The Morgan fingerprint density at radius 1 is 1.40 bits per heavy atom. The van der Waals surface area contributed by atoms with E-state index in [0.29, 0.717) is 6.04 Å². The van der Waals surface area contributed by atoms with Crippen molar-refractivity contribution in [3.8, 4) is 0 Å². The van der Waals surface area contributed by atoms with Gasteiger partial charge in [0.1, 0.15) is 0 Å². The molecule has 0 aliphatic rings. The number of rotatable bonds is 9. The van der Waals surface area contributed by atoms with E-state index in [1.807, 2.05) is 6.08 Å². The number of unbranched alkanes of at least 4 members (excludes halogenated alkanes) is 1. The number of allylic oxidation sites excluding steroid dienone is 1. The molecule has 1 N–H and O–H groups in total. The Hall–Kier alpha value is -0.340. The van der Waals surface area contributed by atoms with Crippen molar-refractivity contribution in [1.82, 2.24) is 5.32 Å². The molecule has 15 heavy (non-hydrogen) atoms. The zero-order chi connectivity index (χ0) is 11.7. The Balaban J connectivity index is 3.50. The molecule has 0 aromatic rings. The SMILES string of the molecule is C=CCCCOCC(C)(C)CNC(C)C. The van der Waals surface area contributed by atoms with E-state index in [0.717, 1.165) is 32.6 Å². The molecule has 0 amide bonds. The van der Waals surface area contributed by atoms with Crippen LogP contribution in [-0.2, 0) is 4.74 Å². The molecule has 0 aromatic carbocycles. The van der Waals surface area contributed by atoms with Gasteiger partial charge in [0, 0.05) is 24.6 Å². The van der Waals surface area contributed by atoms with Gasteiger partial charge in [0.15, 0.2) is 0 Å². The summed E-state index contributed by atoms with van der Waals surface area (Å²) < 4.78 is 5.65. The van der Waals surface area contributed by atoms with E-state index in [1.54, 1.807) is 0 Å². The molecule has 0 spiro atoms. The maximum absolute atomic E-state index is 5.65. The van der Waals surface area contributed by atoms with Crippen LogP contribution >= 0.6 is 0 Å². The fraction of sp³-hybridized carbons (Fsp3) is 0.846. The third kappa shape index (κ3) is 9.95. The summed E-state index contributed by atoms with van der Waals surface area (Å²) in [6, 6.07) is 0.546. The number of hydrogen-bond acceptors (Lipinski definition) is 2. The molecular weight excluding hydrogens is 186 g/mol. The highest BCUT2D eigenvalue weighted by Gasteiger charge is 2.17. The van der Waals surface area contributed by atoms with E-state index < -0.39 is 0 Å². The van der Waals surface area contributed by atoms with E-state index in [9.17, 15) is 0 Å². The first-order valence-electron chi connectivity index (χ1n) is 5.90. The first-order valence-corrected chi connectivity index (χ1v) is 5.90. The van der Waals surface area contributed by atoms with Crippen molar-refractivity contribution in [3.63, 3.8) is 0 Å². The van der Waals surface area contributed by atoms with Crippen molar-refractivity contribution in [3.05, 3.63) is 12.7 Å². The van der Waals surface area contributed by atoms with Crippen LogP contribution in [0, 0.1) is 5.41 Å². The van der Waals surface area contributed by atoms with Gasteiger partial charge in [-0.2, -0.15) is 0 Å². The molecule has 0 radical (unpaired) electrons. The first kappa shape index (κ1) is 14.7. The Bertz CT molecular complexity index is 164. The first-order chi connectivity index (χ1) is 6.98. The number of nitrogens with one attached hydrogen (secondary N) is 1. The normalized spacial score (nSPS) is 12.1. The highest BCUT2D eigenvalue weighted by atomic mass is 16.5. The van der Waals surface area contributed by atoms with Crippen LogP contribution in [0.4, 0.5) is 0 Å². The molecule has 2 heteroatoms. The van der Waals surface area contributed by atoms with Gasteiger partial charge in [0.2, 0.25) is 0 Å². The fourth-order valence-electron chi connectivity index (χ4n) is 1.21. The van der Waals surface area contributed by atoms with Crippen LogP contribution in [0.25, 0.3) is 0 Å². The molecule has 90 valence electrons. The molecule has 0 aliphatic carbocycles. The minimum absolute atomic E-state index is 0.221. The van der Waals surface area contributed by atoms with Crippen molar-refractivity contribution in [2.75, 3.05) is 19.8 Å². The minimum Gasteiger partial charge on any atom is -0.381 e. The second-order valence-electron chi connectivity index (χ2n) is 5.18. The molecule has 2 nitrogen and oxygen atoms in total. The van der Waals surface area contributed by atoms with Crippen LogP contribution in [0.5, 0.6) is 0 Å². The van der Waals surface area contributed by atoms with Crippen molar-refractivity contribution in [1.29, 1.82) is 0 Å². The van der Waals surface area contributed by atoms with Gasteiger partial charge in [-0.25, -0.2) is 0 Å². The monoisotopic (exact) mass is 213 g/mol. The Morgan fingerprint density at radius 3 is 2.60 bits per heavy atom. The van der Waals surface area contributed by atoms with E-state index in [1.165, 1.54) is 0 Å². The predicted molar refractivity (Wildman–Crippen MR) is 67.2 cm³/mol. The lowest BCUT2D eigenvalue weighted by Gasteiger charge is -2.26. The summed E-state index contributed by atoms with van der Waals surface area (Å²) in [7, 11) is 0. The number of hydrogen-bond donors (Lipinski definition) is 1. The molecule has 0 heterocycles. The van der Waals surface area contributed by atoms with Crippen LogP contribution in [0.3, 0.4) is 0 Å². The molecule has 0 rings (SSSR count). The smallest absolute Gasteiger partial charge is 0.0529 e. The van der Waals surface area contributed by atoms with Crippen LogP contribution in [0.1, 0.15) is 40.5 Å². The molecule has 0 bridgehead atoms. The highest BCUT2D eigenvalue weighted by molar-refractivity contribution is 4.72. The largest absolute Gasteiger partial charge is 0.381 e. The van der Waals surface area contributed by atoms with Gasteiger partial charge in [0.05, 0.1) is 6.61 Å². The summed E-state index contributed by atoms with van der Waals surface area (Å²) in [5, 5.41) is 3.44. The van der Waals surface area contributed by atoms with Gasteiger partial charge in [-0.15, -0.1) is 6.58 Å². The summed E-state index contributed by atoms with van der Waals surface area (Å²) in [5.41, 5.74) is 0.221. The fourth-order valence-corrected chi connectivity index (χ4v) is 1.21. The van der Waals surface area contributed by atoms with Crippen molar-refractivity contribution in [2.45, 2.75) is 46.6 Å². The lowest BCUT2D eigenvalue weighted by atomic mass is 9.94. The van der Waals surface area contributed by atoms with Crippen LogP contribution < -0.4 is 5.32 Å². The third-order valence-corrected chi connectivity index (χ3v) is 2.18. The van der Waals surface area contributed by atoms with Gasteiger partial charge in [0.25, 0.3) is 0 Å². The van der Waals surface area contributed by atoms with Gasteiger partial charge in [-0.1, -0.05) is 33.8 Å². The second-order valence-corrected chi connectivity index (χ2v) is 5.18. The maximum atomic E-state index is 5.65. The Kier molecular flexibility index (Phi) is 7.71. The van der Waals surface area contributed by atoms with Gasteiger partial charge >= 0.3 is 0 Å². The highest BCUT2D eigenvalue weighted by Crippen LogP contribution is 2.14. The third-order valence-electron chi connectivity index (χ3n) is 2.18. The molecule has 0 aromatic heterocycles. The Morgan fingerprint density at radius 2 is 2.07 bits per heavy atom. The quantitative estimate of drug-likeness (QED) is 0.469. The molecule has 0 saturated carbocycles. The summed E-state index contributed by atoms with van der Waals surface area (Å²) in [4.78, 5) is 0. The standard InChI is InChI=1S/C13H27NO/c1-6-7-8-9-15-11-13(4,5)10-14-12(2)3/h6,12,14H,1,7-11H2,2-5H3. The van der Waals surface area contributed by atoms with Crippen LogP contribution in [0.15, 0.2) is 12.7 Å². The summed E-state index contributed by atoms with van der Waals surface area (Å²) >= 11 is 0. The zero-order valence-electron chi connectivity index (χ0n) is 10.8. The van der Waals surface area contributed by atoms with E-state index in [4.69, 9.17) is 4.74 Å².